The van der Waals surface area contributed by atoms with E-state index in [0.29, 0.717) is 23.3 Å². The molecule has 1 atom stereocenters. The van der Waals surface area contributed by atoms with Gasteiger partial charge in [0.15, 0.2) is 0 Å². The smallest absolute Gasteiger partial charge is 0.204 e. The van der Waals surface area contributed by atoms with Gasteiger partial charge in [-0.2, -0.15) is 5.26 Å². The van der Waals surface area contributed by atoms with Crippen LogP contribution in [0.25, 0.3) is 5.69 Å². The van der Waals surface area contributed by atoms with Crippen molar-refractivity contribution in [3.63, 3.8) is 0 Å². The van der Waals surface area contributed by atoms with Crippen molar-refractivity contribution in [2.75, 3.05) is 0 Å². The van der Waals surface area contributed by atoms with Gasteiger partial charge in [0, 0.05) is 29.4 Å². The van der Waals surface area contributed by atoms with Gasteiger partial charge in [-0.3, -0.25) is 0 Å². The predicted octanol–water partition coefficient (Wildman–Crippen LogP) is 2.99. The number of nitrogens with zero attached hydrogens (tertiary/aromatic N) is 3. The molecule has 0 radical (unpaired) electrons. The molecular formula is C18H17N5O. The molecule has 24 heavy (non-hydrogen) atoms. The molecule has 1 aromatic carbocycles. The maximum absolute atomic E-state index is 9.49. The first-order chi connectivity index (χ1) is 11.7. The average molecular weight is 319 g/mol. The Hall–Kier alpha value is -3.33. The van der Waals surface area contributed by atoms with E-state index >= 15 is 0 Å². The molecule has 0 bridgehead atoms. The number of aromatic nitrogens is 2. The maximum Gasteiger partial charge on any atom is 0.204 e. The highest BCUT2D eigenvalue weighted by molar-refractivity contribution is 5.99. The molecule has 1 aromatic heterocycles. The number of imidazole rings is 1. The summed E-state index contributed by atoms with van der Waals surface area (Å²) in [5.74, 6) is -0.290. The summed E-state index contributed by atoms with van der Waals surface area (Å²) in [5.41, 5.74) is 9.13. The van der Waals surface area contributed by atoms with E-state index in [1.165, 1.54) is 6.26 Å². The van der Waals surface area contributed by atoms with E-state index in [4.69, 9.17) is 15.9 Å². The van der Waals surface area contributed by atoms with Gasteiger partial charge in [-0.15, -0.1) is 0 Å². The maximum atomic E-state index is 9.49. The van der Waals surface area contributed by atoms with E-state index in [0.717, 1.165) is 11.3 Å². The number of nitriles is 1. The molecule has 1 unspecified atom stereocenters. The van der Waals surface area contributed by atoms with Crippen LogP contribution in [0.1, 0.15) is 24.8 Å². The van der Waals surface area contributed by atoms with E-state index in [-0.39, 0.29) is 11.8 Å². The third-order valence-electron chi connectivity index (χ3n) is 4.03. The third-order valence-corrected chi connectivity index (χ3v) is 4.03. The van der Waals surface area contributed by atoms with Gasteiger partial charge in [0.1, 0.15) is 11.6 Å². The molecular weight excluding hydrogens is 302 g/mol. The minimum Gasteiger partial charge on any atom is -0.448 e. The molecule has 1 aliphatic rings. The van der Waals surface area contributed by atoms with E-state index in [2.05, 4.69) is 11.1 Å². The van der Waals surface area contributed by atoms with E-state index in [1.807, 2.05) is 42.0 Å². The molecule has 3 N–H and O–H groups in total. The van der Waals surface area contributed by atoms with Crippen molar-refractivity contribution in [2.24, 2.45) is 5.73 Å². The second-order valence-corrected chi connectivity index (χ2v) is 5.41. The summed E-state index contributed by atoms with van der Waals surface area (Å²) in [6.07, 6.45) is 7.33. The zero-order valence-electron chi connectivity index (χ0n) is 13.2. The number of benzene rings is 1. The fourth-order valence-corrected chi connectivity index (χ4v) is 2.72. The number of hydrogen-bond donors (Lipinski definition) is 2. The molecule has 120 valence electrons. The highest BCUT2D eigenvalue weighted by Crippen LogP contribution is 2.37. The van der Waals surface area contributed by atoms with E-state index in [1.54, 1.807) is 12.5 Å². The molecule has 0 aliphatic carbocycles. The summed E-state index contributed by atoms with van der Waals surface area (Å²) < 4.78 is 7.17. The molecule has 3 rings (SSSR count). The minimum atomic E-state index is -0.381. The first-order valence-corrected chi connectivity index (χ1v) is 7.58. The molecule has 0 saturated carbocycles. The first kappa shape index (κ1) is 15.6. The van der Waals surface area contributed by atoms with Crippen LogP contribution in [0.2, 0.25) is 0 Å². The molecule has 0 fully saturated rings. The SMILES string of the molecule is CCC(=N)C1=COC(N)=C(C#N)C1c1ccc(-n2ccnc2)cc1. The monoisotopic (exact) mass is 319 g/mol. The number of nitrogens with two attached hydrogens (primary N) is 1. The third kappa shape index (κ3) is 2.68. The average Bonchev–Trinajstić information content (AvgIpc) is 3.15. The van der Waals surface area contributed by atoms with Crippen molar-refractivity contribution in [2.45, 2.75) is 19.3 Å². The lowest BCUT2D eigenvalue weighted by atomic mass is 9.82. The Morgan fingerprint density at radius 2 is 2.17 bits per heavy atom. The highest BCUT2D eigenvalue weighted by atomic mass is 16.5. The molecule has 6 nitrogen and oxygen atoms in total. The number of nitrogens with one attached hydrogen (secondary N) is 1. The van der Waals surface area contributed by atoms with Gasteiger partial charge in [-0.25, -0.2) is 4.98 Å². The molecule has 2 heterocycles. The van der Waals surface area contributed by atoms with Crippen LogP contribution in [0, 0.1) is 16.7 Å². The van der Waals surface area contributed by atoms with Crippen LogP contribution in [-0.2, 0) is 4.74 Å². The number of allylic oxidation sites excluding steroid dienone is 2. The zero-order chi connectivity index (χ0) is 17.1. The molecule has 0 spiro atoms. The summed E-state index contributed by atoms with van der Waals surface area (Å²) in [6, 6.07) is 9.90. The van der Waals surface area contributed by atoms with Crippen molar-refractivity contribution in [3.05, 3.63) is 71.8 Å². The van der Waals surface area contributed by atoms with Crippen molar-refractivity contribution in [1.29, 1.82) is 10.7 Å². The Labute approximate surface area is 140 Å². The highest BCUT2D eigenvalue weighted by Gasteiger charge is 2.30. The predicted molar refractivity (Wildman–Crippen MR) is 90.3 cm³/mol. The summed E-state index contributed by atoms with van der Waals surface area (Å²) in [7, 11) is 0. The fourth-order valence-electron chi connectivity index (χ4n) is 2.72. The number of rotatable bonds is 4. The van der Waals surface area contributed by atoms with Crippen LogP contribution in [0.4, 0.5) is 0 Å². The van der Waals surface area contributed by atoms with Crippen molar-refractivity contribution in [1.82, 2.24) is 9.55 Å². The van der Waals surface area contributed by atoms with Gasteiger partial charge in [-0.05, 0) is 24.1 Å². The normalized spacial score (nSPS) is 17.0. The van der Waals surface area contributed by atoms with Crippen LogP contribution >= 0.6 is 0 Å². The van der Waals surface area contributed by atoms with Crippen molar-refractivity contribution >= 4 is 5.71 Å². The van der Waals surface area contributed by atoms with Gasteiger partial charge < -0.3 is 20.4 Å². The minimum absolute atomic E-state index is 0.0915. The Morgan fingerprint density at radius 3 is 2.75 bits per heavy atom. The number of ether oxygens (including phenoxy) is 1. The molecule has 6 heteroatoms. The summed E-state index contributed by atoms with van der Waals surface area (Å²) in [4.78, 5) is 4.03. The van der Waals surface area contributed by atoms with Crippen LogP contribution in [0.3, 0.4) is 0 Å². The van der Waals surface area contributed by atoms with Gasteiger partial charge >= 0.3 is 0 Å². The Morgan fingerprint density at radius 1 is 1.42 bits per heavy atom. The van der Waals surface area contributed by atoms with Crippen LogP contribution in [-0.4, -0.2) is 15.3 Å². The quantitative estimate of drug-likeness (QED) is 0.846. The van der Waals surface area contributed by atoms with Gasteiger partial charge in [0.2, 0.25) is 5.88 Å². The first-order valence-electron chi connectivity index (χ1n) is 7.58. The summed E-state index contributed by atoms with van der Waals surface area (Å²) in [5, 5.41) is 17.7. The Bertz CT molecular complexity index is 854. The van der Waals surface area contributed by atoms with Gasteiger partial charge in [0.05, 0.1) is 18.5 Å². The van der Waals surface area contributed by atoms with Crippen molar-refractivity contribution in [3.8, 4) is 11.8 Å². The topological polar surface area (TPSA) is 101 Å². The van der Waals surface area contributed by atoms with E-state index in [9.17, 15) is 5.26 Å². The van der Waals surface area contributed by atoms with Crippen LogP contribution in [0.15, 0.2) is 66.3 Å². The Balaban J connectivity index is 2.03. The summed E-state index contributed by atoms with van der Waals surface area (Å²) in [6.45, 7) is 1.90. The molecule has 1 aliphatic heterocycles. The molecule has 0 amide bonds. The number of hydrogen-bond acceptors (Lipinski definition) is 5. The summed E-state index contributed by atoms with van der Waals surface area (Å²) >= 11 is 0. The van der Waals surface area contributed by atoms with E-state index < -0.39 is 0 Å². The lowest BCUT2D eigenvalue weighted by Crippen LogP contribution is -2.21. The van der Waals surface area contributed by atoms with Crippen LogP contribution < -0.4 is 5.73 Å². The lowest BCUT2D eigenvalue weighted by molar-refractivity contribution is 0.326. The fraction of sp³-hybridized carbons (Fsp3) is 0.167. The van der Waals surface area contributed by atoms with Gasteiger partial charge in [-0.1, -0.05) is 19.1 Å². The standard InChI is InChI=1S/C18H17N5O/c1-2-16(20)15-10-24-18(21)14(9-19)17(15)12-3-5-13(6-4-12)23-8-7-22-11-23/h3-8,10-11,17,20H,2,21H2,1H3. The molecule has 2 aromatic rings. The van der Waals surface area contributed by atoms with Crippen molar-refractivity contribution < 1.29 is 4.74 Å². The Kier molecular flexibility index (Phi) is 4.17. The van der Waals surface area contributed by atoms with Gasteiger partial charge in [0.25, 0.3) is 0 Å². The van der Waals surface area contributed by atoms with Crippen LogP contribution in [0.5, 0.6) is 0 Å². The molecule has 0 saturated heterocycles. The second-order valence-electron chi connectivity index (χ2n) is 5.41. The largest absolute Gasteiger partial charge is 0.448 e. The second kappa shape index (κ2) is 6.42. The zero-order valence-corrected chi connectivity index (χ0v) is 13.2. The lowest BCUT2D eigenvalue weighted by Gasteiger charge is -2.25.